The summed E-state index contributed by atoms with van der Waals surface area (Å²) in [6, 6.07) is 7.06. The SMILES string of the molecule is COc1ccc([C@@H]2CC(=O)NC(NC(C)=O)=N2)cc1. The van der Waals surface area contributed by atoms with Gasteiger partial charge in [0.25, 0.3) is 0 Å². The van der Waals surface area contributed by atoms with Crippen molar-refractivity contribution in [2.45, 2.75) is 19.4 Å². The molecular weight excluding hydrogens is 246 g/mol. The summed E-state index contributed by atoms with van der Waals surface area (Å²) in [4.78, 5) is 26.9. The van der Waals surface area contributed by atoms with Crippen LogP contribution in [-0.2, 0) is 9.59 Å². The topological polar surface area (TPSA) is 79.8 Å². The average molecular weight is 261 g/mol. The van der Waals surface area contributed by atoms with Gasteiger partial charge in [-0.25, -0.2) is 4.99 Å². The molecule has 1 aliphatic rings. The molecule has 0 saturated heterocycles. The fourth-order valence-electron chi connectivity index (χ4n) is 1.84. The van der Waals surface area contributed by atoms with E-state index in [-0.39, 0.29) is 30.2 Å². The monoisotopic (exact) mass is 261 g/mol. The lowest BCUT2D eigenvalue weighted by molar-refractivity contribution is -0.120. The molecule has 0 aromatic heterocycles. The number of methoxy groups -OCH3 is 1. The molecule has 1 aromatic rings. The average Bonchev–Trinajstić information content (AvgIpc) is 2.37. The number of carbonyl (C=O) groups is 2. The van der Waals surface area contributed by atoms with Crippen LogP contribution in [0.3, 0.4) is 0 Å². The summed E-state index contributed by atoms with van der Waals surface area (Å²) in [5.74, 6) is 0.508. The Bertz CT molecular complexity index is 522. The van der Waals surface area contributed by atoms with Crippen LogP contribution >= 0.6 is 0 Å². The molecule has 2 rings (SSSR count). The smallest absolute Gasteiger partial charge is 0.229 e. The number of aliphatic imine (C=N–C) groups is 1. The van der Waals surface area contributed by atoms with E-state index in [9.17, 15) is 9.59 Å². The van der Waals surface area contributed by atoms with Crippen LogP contribution in [0.5, 0.6) is 5.75 Å². The molecule has 0 radical (unpaired) electrons. The van der Waals surface area contributed by atoms with Gasteiger partial charge in [-0.2, -0.15) is 0 Å². The van der Waals surface area contributed by atoms with Crippen molar-refractivity contribution < 1.29 is 14.3 Å². The van der Waals surface area contributed by atoms with E-state index in [2.05, 4.69) is 15.6 Å². The summed E-state index contributed by atoms with van der Waals surface area (Å²) in [7, 11) is 1.59. The second kappa shape index (κ2) is 5.51. The van der Waals surface area contributed by atoms with Crippen LogP contribution in [0.4, 0.5) is 0 Å². The number of ether oxygens (including phenoxy) is 1. The van der Waals surface area contributed by atoms with Crippen molar-refractivity contribution in [2.24, 2.45) is 4.99 Å². The number of hydrogen-bond acceptors (Lipinski definition) is 4. The van der Waals surface area contributed by atoms with Gasteiger partial charge in [-0.05, 0) is 17.7 Å². The number of rotatable bonds is 2. The van der Waals surface area contributed by atoms with Crippen LogP contribution in [0.15, 0.2) is 29.3 Å². The molecule has 1 atom stereocenters. The van der Waals surface area contributed by atoms with E-state index in [1.165, 1.54) is 6.92 Å². The molecule has 0 fully saturated rings. The van der Waals surface area contributed by atoms with Crippen molar-refractivity contribution in [3.63, 3.8) is 0 Å². The van der Waals surface area contributed by atoms with Crippen LogP contribution in [0.1, 0.15) is 24.9 Å². The summed E-state index contributed by atoms with van der Waals surface area (Å²) in [5.41, 5.74) is 0.901. The third-order valence-corrected chi connectivity index (χ3v) is 2.72. The highest BCUT2D eigenvalue weighted by Crippen LogP contribution is 2.25. The Morgan fingerprint density at radius 1 is 1.42 bits per heavy atom. The quantitative estimate of drug-likeness (QED) is 0.824. The van der Waals surface area contributed by atoms with Gasteiger partial charge in [0.1, 0.15) is 5.75 Å². The first-order chi connectivity index (χ1) is 9.08. The number of nitrogens with zero attached hydrogens (tertiary/aromatic N) is 1. The van der Waals surface area contributed by atoms with Gasteiger partial charge >= 0.3 is 0 Å². The summed E-state index contributed by atoms with van der Waals surface area (Å²) in [6.45, 7) is 1.37. The number of benzene rings is 1. The highest BCUT2D eigenvalue weighted by Gasteiger charge is 2.22. The normalized spacial score (nSPS) is 18.3. The lowest BCUT2D eigenvalue weighted by Crippen LogP contribution is -2.46. The maximum atomic E-state index is 11.6. The molecule has 0 aliphatic carbocycles. The minimum absolute atomic E-state index is 0.167. The second-order valence-corrected chi connectivity index (χ2v) is 4.20. The Balaban J connectivity index is 2.21. The first-order valence-electron chi connectivity index (χ1n) is 5.87. The second-order valence-electron chi connectivity index (χ2n) is 4.20. The first kappa shape index (κ1) is 13.1. The number of hydrogen-bond donors (Lipinski definition) is 2. The number of guanidine groups is 1. The van der Waals surface area contributed by atoms with Crippen molar-refractivity contribution in [1.82, 2.24) is 10.6 Å². The lowest BCUT2D eigenvalue weighted by Gasteiger charge is -2.21. The third kappa shape index (κ3) is 3.31. The zero-order chi connectivity index (χ0) is 13.8. The zero-order valence-corrected chi connectivity index (χ0v) is 10.8. The van der Waals surface area contributed by atoms with Crippen LogP contribution in [0.25, 0.3) is 0 Å². The predicted octanol–water partition coefficient (Wildman–Crippen LogP) is 0.748. The number of nitrogens with one attached hydrogen (secondary N) is 2. The zero-order valence-electron chi connectivity index (χ0n) is 10.8. The molecule has 0 spiro atoms. The van der Waals surface area contributed by atoms with Crippen molar-refractivity contribution in [3.8, 4) is 5.75 Å². The molecule has 0 saturated carbocycles. The summed E-state index contributed by atoms with van der Waals surface area (Å²) in [5, 5.41) is 5.01. The Morgan fingerprint density at radius 2 is 2.11 bits per heavy atom. The molecular formula is C13H15N3O3. The van der Waals surface area contributed by atoms with Gasteiger partial charge in [0.05, 0.1) is 19.6 Å². The molecule has 6 nitrogen and oxygen atoms in total. The molecule has 1 aliphatic heterocycles. The molecule has 19 heavy (non-hydrogen) atoms. The highest BCUT2D eigenvalue weighted by molar-refractivity contribution is 6.05. The van der Waals surface area contributed by atoms with E-state index in [1.807, 2.05) is 24.3 Å². The van der Waals surface area contributed by atoms with Crippen molar-refractivity contribution in [1.29, 1.82) is 0 Å². The predicted molar refractivity (Wildman–Crippen MR) is 69.7 cm³/mol. The van der Waals surface area contributed by atoms with Crippen LogP contribution in [-0.4, -0.2) is 24.9 Å². The minimum Gasteiger partial charge on any atom is -0.497 e. The molecule has 2 amide bonds. The van der Waals surface area contributed by atoms with E-state index in [4.69, 9.17) is 4.74 Å². The van der Waals surface area contributed by atoms with Crippen molar-refractivity contribution in [2.75, 3.05) is 7.11 Å². The summed E-state index contributed by atoms with van der Waals surface area (Å²) >= 11 is 0. The Hall–Kier alpha value is -2.37. The third-order valence-electron chi connectivity index (χ3n) is 2.72. The molecule has 0 unspecified atom stereocenters. The maximum Gasteiger partial charge on any atom is 0.229 e. The Kier molecular flexibility index (Phi) is 3.79. The van der Waals surface area contributed by atoms with Gasteiger partial charge in [0.2, 0.25) is 17.8 Å². The van der Waals surface area contributed by atoms with Gasteiger partial charge in [-0.1, -0.05) is 12.1 Å². The van der Waals surface area contributed by atoms with Gasteiger partial charge in [0.15, 0.2) is 0 Å². The van der Waals surface area contributed by atoms with Gasteiger partial charge in [0, 0.05) is 6.92 Å². The minimum atomic E-state index is -0.290. The van der Waals surface area contributed by atoms with Crippen LogP contribution in [0, 0.1) is 0 Å². The van der Waals surface area contributed by atoms with Gasteiger partial charge in [-0.3, -0.25) is 20.2 Å². The lowest BCUT2D eigenvalue weighted by atomic mass is 10.0. The largest absolute Gasteiger partial charge is 0.497 e. The fraction of sp³-hybridized carbons (Fsp3) is 0.308. The van der Waals surface area contributed by atoms with E-state index in [0.29, 0.717) is 0 Å². The molecule has 6 heteroatoms. The van der Waals surface area contributed by atoms with Gasteiger partial charge in [-0.15, -0.1) is 0 Å². The van der Waals surface area contributed by atoms with Gasteiger partial charge < -0.3 is 4.74 Å². The van der Waals surface area contributed by atoms with Crippen LogP contribution in [0.2, 0.25) is 0 Å². The Labute approximate surface area is 110 Å². The summed E-state index contributed by atoms with van der Waals surface area (Å²) in [6.07, 6.45) is 0.259. The standard InChI is InChI=1S/C13H15N3O3/c1-8(17)14-13-15-11(7-12(18)16-13)9-3-5-10(19-2)6-4-9/h3-6,11H,7H2,1-2H3,(H2,14,15,16,17,18)/t11-/m0/s1. The van der Waals surface area contributed by atoms with Crippen LogP contribution < -0.4 is 15.4 Å². The fourth-order valence-corrected chi connectivity index (χ4v) is 1.84. The maximum absolute atomic E-state index is 11.6. The molecule has 1 heterocycles. The van der Waals surface area contributed by atoms with Crippen molar-refractivity contribution >= 4 is 17.8 Å². The molecule has 0 bridgehead atoms. The first-order valence-corrected chi connectivity index (χ1v) is 5.87. The summed E-state index contributed by atoms with van der Waals surface area (Å²) < 4.78 is 5.08. The van der Waals surface area contributed by atoms with E-state index >= 15 is 0 Å². The van der Waals surface area contributed by atoms with E-state index < -0.39 is 0 Å². The van der Waals surface area contributed by atoms with Crippen molar-refractivity contribution in [3.05, 3.63) is 29.8 Å². The Morgan fingerprint density at radius 3 is 2.68 bits per heavy atom. The number of carbonyl (C=O) groups excluding carboxylic acids is 2. The number of amides is 2. The highest BCUT2D eigenvalue weighted by atomic mass is 16.5. The molecule has 100 valence electrons. The van der Waals surface area contributed by atoms with E-state index in [0.717, 1.165) is 11.3 Å². The molecule has 2 N–H and O–H groups in total. The molecule has 1 aromatic carbocycles. The van der Waals surface area contributed by atoms with E-state index in [1.54, 1.807) is 7.11 Å².